The van der Waals surface area contributed by atoms with Gasteiger partial charge in [-0.2, -0.15) is 0 Å². The Morgan fingerprint density at radius 1 is 1.15 bits per heavy atom. The van der Waals surface area contributed by atoms with Crippen molar-refractivity contribution in [3.63, 3.8) is 0 Å². The number of benzene rings is 2. The monoisotopic (exact) mass is 268 g/mol. The zero-order valence-corrected chi connectivity index (χ0v) is 11.7. The van der Waals surface area contributed by atoms with Gasteiger partial charge in [-0.05, 0) is 43.0 Å². The van der Waals surface area contributed by atoms with Gasteiger partial charge in [0.05, 0.1) is 12.3 Å². The summed E-state index contributed by atoms with van der Waals surface area (Å²) in [5.41, 5.74) is 10.6. The third-order valence-electron chi connectivity index (χ3n) is 3.74. The molecular formula is C17H20N2O. The molecule has 20 heavy (non-hydrogen) atoms. The molecule has 0 heterocycles. The summed E-state index contributed by atoms with van der Waals surface area (Å²) in [7, 11) is 0. The zero-order chi connectivity index (χ0) is 13.9. The van der Waals surface area contributed by atoms with Gasteiger partial charge in [0.25, 0.3) is 0 Å². The number of nitrogens with one attached hydrogen (secondary N) is 1. The number of hydrogen-bond acceptors (Lipinski definition) is 3. The van der Waals surface area contributed by atoms with Gasteiger partial charge in [0, 0.05) is 17.8 Å². The molecule has 2 aromatic carbocycles. The minimum absolute atomic E-state index is 0.450. The fraction of sp³-hybridized carbons (Fsp3) is 0.294. The van der Waals surface area contributed by atoms with Gasteiger partial charge in [-0.15, -0.1) is 0 Å². The van der Waals surface area contributed by atoms with Crippen molar-refractivity contribution >= 4 is 11.4 Å². The van der Waals surface area contributed by atoms with Crippen molar-refractivity contribution in [3.05, 3.63) is 53.6 Å². The van der Waals surface area contributed by atoms with Gasteiger partial charge in [-0.25, -0.2) is 0 Å². The van der Waals surface area contributed by atoms with E-state index >= 15 is 0 Å². The fourth-order valence-electron chi connectivity index (χ4n) is 2.80. The van der Waals surface area contributed by atoms with E-state index in [0.717, 1.165) is 24.3 Å². The number of rotatable bonds is 4. The first-order valence-electron chi connectivity index (χ1n) is 7.12. The van der Waals surface area contributed by atoms with Crippen LogP contribution in [0.4, 0.5) is 11.4 Å². The van der Waals surface area contributed by atoms with Gasteiger partial charge >= 0.3 is 0 Å². The Morgan fingerprint density at radius 2 is 1.85 bits per heavy atom. The lowest BCUT2D eigenvalue weighted by Crippen LogP contribution is -2.19. The van der Waals surface area contributed by atoms with Gasteiger partial charge in [0.2, 0.25) is 0 Å². The van der Waals surface area contributed by atoms with E-state index in [1.807, 2.05) is 25.1 Å². The predicted molar refractivity (Wildman–Crippen MR) is 83.3 cm³/mol. The number of hydrogen-bond donors (Lipinski definition) is 2. The molecule has 3 heteroatoms. The lowest BCUT2D eigenvalue weighted by atomic mass is 10.1. The Kier molecular flexibility index (Phi) is 3.50. The summed E-state index contributed by atoms with van der Waals surface area (Å²) in [5.74, 6) is 0.757. The van der Waals surface area contributed by atoms with E-state index in [-0.39, 0.29) is 0 Å². The molecule has 0 fully saturated rings. The number of fused-ring (bicyclic) bond motifs is 1. The summed E-state index contributed by atoms with van der Waals surface area (Å²) in [5, 5.41) is 3.58. The molecule has 1 aliphatic carbocycles. The maximum Gasteiger partial charge on any atom is 0.144 e. The highest BCUT2D eigenvalue weighted by Crippen LogP contribution is 2.28. The van der Waals surface area contributed by atoms with Crippen LogP contribution in [0.5, 0.6) is 5.75 Å². The molecule has 0 saturated heterocycles. The van der Waals surface area contributed by atoms with Crippen molar-refractivity contribution in [2.75, 3.05) is 17.7 Å². The smallest absolute Gasteiger partial charge is 0.144 e. The molecule has 104 valence electrons. The van der Waals surface area contributed by atoms with E-state index in [2.05, 4.69) is 29.6 Å². The quantitative estimate of drug-likeness (QED) is 0.837. The standard InChI is InChI=1S/C17H20N2O/c1-2-20-17-11-14(7-8-16(17)18)19-15-9-12-5-3-4-6-13(12)10-15/h3-8,11,15,19H,2,9-10,18H2,1H3. The number of nitrogens with two attached hydrogens (primary N) is 1. The normalized spacial score (nSPS) is 14.1. The van der Waals surface area contributed by atoms with Crippen LogP contribution in [-0.2, 0) is 12.8 Å². The van der Waals surface area contributed by atoms with Crippen molar-refractivity contribution < 1.29 is 4.74 Å². The van der Waals surface area contributed by atoms with E-state index in [1.165, 1.54) is 11.1 Å². The first-order valence-corrected chi connectivity index (χ1v) is 7.12. The average molecular weight is 268 g/mol. The van der Waals surface area contributed by atoms with Crippen molar-refractivity contribution in [2.24, 2.45) is 0 Å². The van der Waals surface area contributed by atoms with Crippen molar-refractivity contribution in [1.29, 1.82) is 0 Å². The third kappa shape index (κ3) is 2.57. The van der Waals surface area contributed by atoms with E-state index in [1.54, 1.807) is 0 Å². The molecule has 0 aliphatic heterocycles. The Hall–Kier alpha value is -2.16. The zero-order valence-electron chi connectivity index (χ0n) is 11.7. The van der Waals surface area contributed by atoms with Crippen molar-refractivity contribution in [3.8, 4) is 5.75 Å². The van der Waals surface area contributed by atoms with Crippen LogP contribution in [0.2, 0.25) is 0 Å². The van der Waals surface area contributed by atoms with E-state index in [4.69, 9.17) is 10.5 Å². The van der Waals surface area contributed by atoms with E-state index < -0.39 is 0 Å². The molecule has 0 radical (unpaired) electrons. The van der Waals surface area contributed by atoms with Crippen molar-refractivity contribution in [2.45, 2.75) is 25.8 Å². The Labute approximate surface area is 119 Å². The largest absolute Gasteiger partial charge is 0.492 e. The number of ether oxygens (including phenoxy) is 1. The SMILES string of the molecule is CCOc1cc(NC2Cc3ccccc3C2)ccc1N. The Balaban J connectivity index is 1.72. The Morgan fingerprint density at radius 3 is 2.50 bits per heavy atom. The lowest BCUT2D eigenvalue weighted by molar-refractivity contribution is 0.342. The maximum atomic E-state index is 5.90. The van der Waals surface area contributed by atoms with Crippen LogP contribution in [0.25, 0.3) is 0 Å². The highest BCUT2D eigenvalue weighted by Gasteiger charge is 2.20. The molecule has 1 aliphatic rings. The van der Waals surface area contributed by atoms with Gasteiger partial charge in [0.1, 0.15) is 5.75 Å². The van der Waals surface area contributed by atoms with Gasteiger partial charge in [0.15, 0.2) is 0 Å². The highest BCUT2D eigenvalue weighted by molar-refractivity contribution is 5.62. The van der Waals surface area contributed by atoms with Crippen LogP contribution in [0.15, 0.2) is 42.5 Å². The Bertz CT molecular complexity index is 585. The molecule has 3 nitrogen and oxygen atoms in total. The molecule has 3 N–H and O–H groups in total. The second kappa shape index (κ2) is 5.45. The average Bonchev–Trinajstić information content (AvgIpc) is 2.85. The van der Waals surface area contributed by atoms with E-state index in [9.17, 15) is 0 Å². The maximum absolute atomic E-state index is 5.90. The summed E-state index contributed by atoms with van der Waals surface area (Å²) in [6, 6.07) is 15.0. The van der Waals surface area contributed by atoms with Gasteiger partial charge in [-0.1, -0.05) is 24.3 Å². The molecular weight excluding hydrogens is 248 g/mol. The molecule has 0 amide bonds. The topological polar surface area (TPSA) is 47.3 Å². The van der Waals surface area contributed by atoms with Crippen LogP contribution in [0.3, 0.4) is 0 Å². The lowest BCUT2D eigenvalue weighted by Gasteiger charge is -2.15. The molecule has 0 atom stereocenters. The van der Waals surface area contributed by atoms with Crippen molar-refractivity contribution in [1.82, 2.24) is 0 Å². The second-order valence-electron chi connectivity index (χ2n) is 5.20. The summed E-state index contributed by atoms with van der Waals surface area (Å²) < 4.78 is 5.54. The molecule has 0 saturated carbocycles. The van der Waals surface area contributed by atoms with Crippen LogP contribution in [0, 0.1) is 0 Å². The molecule has 3 rings (SSSR count). The number of anilines is 2. The van der Waals surface area contributed by atoms with Crippen LogP contribution in [0.1, 0.15) is 18.1 Å². The molecule has 0 bridgehead atoms. The van der Waals surface area contributed by atoms with Gasteiger partial charge < -0.3 is 15.8 Å². The second-order valence-corrected chi connectivity index (χ2v) is 5.20. The van der Waals surface area contributed by atoms with Gasteiger partial charge in [-0.3, -0.25) is 0 Å². The first kappa shape index (κ1) is 12.9. The third-order valence-corrected chi connectivity index (χ3v) is 3.74. The summed E-state index contributed by atoms with van der Waals surface area (Å²) in [6.45, 7) is 2.59. The highest BCUT2D eigenvalue weighted by atomic mass is 16.5. The summed E-state index contributed by atoms with van der Waals surface area (Å²) in [6.07, 6.45) is 2.15. The minimum atomic E-state index is 0.450. The summed E-state index contributed by atoms with van der Waals surface area (Å²) in [4.78, 5) is 0. The fourth-order valence-corrected chi connectivity index (χ4v) is 2.80. The molecule has 0 spiro atoms. The molecule has 2 aromatic rings. The minimum Gasteiger partial charge on any atom is -0.492 e. The molecule has 0 aromatic heterocycles. The van der Waals surface area contributed by atoms with Crippen LogP contribution >= 0.6 is 0 Å². The van der Waals surface area contributed by atoms with E-state index in [0.29, 0.717) is 18.3 Å². The molecule has 0 unspecified atom stereocenters. The predicted octanol–water partition coefficient (Wildman–Crippen LogP) is 3.25. The first-order chi connectivity index (χ1) is 9.76. The van der Waals surface area contributed by atoms with Crippen LogP contribution < -0.4 is 15.8 Å². The summed E-state index contributed by atoms with van der Waals surface area (Å²) >= 11 is 0. The number of nitrogen functional groups attached to an aromatic ring is 1. The van der Waals surface area contributed by atoms with Crippen LogP contribution in [-0.4, -0.2) is 12.6 Å².